The van der Waals surface area contributed by atoms with Gasteiger partial charge >= 0.3 is 0 Å². The number of carbonyl (C=O) groups is 1. The summed E-state index contributed by atoms with van der Waals surface area (Å²) in [6.45, 7) is 1.51. The van der Waals surface area contributed by atoms with E-state index in [9.17, 15) is 4.79 Å². The summed E-state index contributed by atoms with van der Waals surface area (Å²) in [5, 5.41) is 6.78. The van der Waals surface area contributed by atoms with Crippen molar-refractivity contribution in [1.29, 1.82) is 0 Å². The van der Waals surface area contributed by atoms with Crippen LogP contribution in [0.5, 0.6) is 5.75 Å². The summed E-state index contributed by atoms with van der Waals surface area (Å²) in [4.78, 5) is 11.1. The van der Waals surface area contributed by atoms with Crippen LogP contribution in [-0.4, -0.2) is 23.1 Å². The van der Waals surface area contributed by atoms with E-state index in [1.165, 1.54) is 6.92 Å². The van der Waals surface area contributed by atoms with Gasteiger partial charge in [0.15, 0.2) is 5.78 Å². The molecule has 0 atom stereocenters. The van der Waals surface area contributed by atoms with Gasteiger partial charge in [-0.25, -0.2) is 0 Å². The quantitative estimate of drug-likeness (QED) is 0.801. The number of methoxy groups -OCH3 is 1. The Kier molecular flexibility index (Phi) is 2.72. The number of aromatic nitrogens is 2. The van der Waals surface area contributed by atoms with E-state index in [2.05, 4.69) is 10.2 Å². The first-order chi connectivity index (χ1) is 7.70. The lowest BCUT2D eigenvalue weighted by molar-refractivity contribution is 0.101. The minimum Gasteiger partial charge on any atom is -0.497 e. The molecule has 82 valence electrons. The molecule has 1 N–H and O–H groups in total. The maximum atomic E-state index is 11.1. The molecule has 1 aromatic heterocycles. The molecule has 0 aliphatic rings. The van der Waals surface area contributed by atoms with Gasteiger partial charge in [-0.15, -0.1) is 0 Å². The highest BCUT2D eigenvalue weighted by atomic mass is 16.5. The lowest BCUT2D eigenvalue weighted by Gasteiger charge is -1.99. The fourth-order valence-electron chi connectivity index (χ4n) is 1.41. The molecule has 2 aromatic rings. The zero-order valence-electron chi connectivity index (χ0n) is 9.15. The van der Waals surface area contributed by atoms with E-state index in [0.717, 1.165) is 17.0 Å². The third kappa shape index (κ3) is 1.95. The number of benzene rings is 1. The van der Waals surface area contributed by atoms with Gasteiger partial charge in [0.05, 0.1) is 12.8 Å². The number of ketones is 1. The summed E-state index contributed by atoms with van der Waals surface area (Å²) in [5.74, 6) is 0.776. The first-order valence-electron chi connectivity index (χ1n) is 4.91. The molecule has 0 aliphatic heterocycles. The fourth-order valence-corrected chi connectivity index (χ4v) is 1.41. The van der Waals surface area contributed by atoms with Crippen LogP contribution in [0.15, 0.2) is 30.3 Å². The maximum Gasteiger partial charge on any atom is 0.177 e. The van der Waals surface area contributed by atoms with Crippen LogP contribution in [-0.2, 0) is 0 Å². The Balaban J connectivity index is 2.31. The highest BCUT2D eigenvalue weighted by Gasteiger charge is 2.06. The Hall–Kier alpha value is -2.10. The molecule has 0 fully saturated rings. The monoisotopic (exact) mass is 216 g/mol. The zero-order valence-corrected chi connectivity index (χ0v) is 9.15. The van der Waals surface area contributed by atoms with Crippen LogP contribution < -0.4 is 4.74 Å². The van der Waals surface area contributed by atoms with Crippen LogP contribution in [0.1, 0.15) is 17.4 Å². The first-order valence-corrected chi connectivity index (χ1v) is 4.91. The molecule has 0 saturated carbocycles. The van der Waals surface area contributed by atoms with E-state index in [1.807, 2.05) is 24.3 Å². The van der Waals surface area contributed by atoms with Gasteiger partial charge < -0.3 is 4.74 Å². The molecule has 2 rings (SSSR count). The van der Waals surface area contributed by atoms with Gasteiger partial charge in [0.1, 0.15) is 11.4 Å². The van der Waals surface area contributed by atoms with Crippen molar-refractivity contribution in [2.45, 2.75) is 6.92 Å². The molecule has 0 unspecified atom stereocenters. The van der Waals surface area contributed by atoms with E-state index in [1.54, 1.807) is 13.2 Å². The lowest BCUT2D eigenvalue weighted by atomic mass is 10.1. The molecular formula is C12H12N2O2. The van der Waals surface area contributed by atoms with Crippen LogP contribution in [0.25, 0.3) is 11.3 Å². The standard InChI is InChI=1S/C12H12N2O2/c1-8(15)11-7-12(14-13-11)9-3-5-10(16-2)6-4-9/h3-7H,1-2H3,(H,13,14). The topological polar surface area (TPSA) is 55.0 Å². The second-order valence-corrected chi connectivity index (χ2v) is 3.45. The van der Waals surface area contributed by atoms with Crippen LogP contribution >= 0.6 is 0 Å². The second-order valence-electron chi connectivity index (χ2n) is 3.45. The van der Waals surface area contributed by atoms with Gasteiger partial charge in [0.2, 0.25) is 0 Å². The Morgan fingerprint density at radius 1 is 1.31 bits per heavy atom. The van der Waals surface area contributed by atoms with Crippen molar-refractivity contribution >= 4 is 5.78 Å². The molecule has 1 heterocycles. The van der Waals surface area contributed by atoms with Gasteiger partial charge in [-0.1, -0.05) is 0 Å². The fraction of sp³-hybridized carbons (Fsp3) is 0.167. The van der Waals surface area contributed by atoms with Crippen molar-refractivity contribution in [2.75, 3.05) is 7.11 Å². The van der Waals surface area contributed by atoms with Gasteiger partial charge in [0.25, 0.3) is 0 Å². The molecule has 0 bridgehead atoms. The Morgan fingerprint density at radius 2 is 2.00 bits per heavy atom. The van der Waals surface area contributed by atoms with Crippen molar-refractivity contribution in [3.8, 4) is 17.0 Å². The predicted octanol–water partition coefficient (Wildman–Crippen LogP) is 2.29. The normalized spacial score (nSPS) is 10.1. The molecule has 4 heteroatoms. The van der Waals surface area contributed by atoms with Gasteiger partial charge in [-0.2, -0.15) is 5.10 Å². The van der Waals surface area contributed by atoms with Crippen molar-refractivity contribution in [1.82, 2.24) is 10.2 Å². The predicted molar refractivity (Wildman–Crippen MR) is 60.6 cm³/mol. The van der Waals surface area contributed by atoms with E-state index >= 15 is 0 Å². The smallest absolute Gasteiger partial charge is 0.177 e. The van der Waals surface area contributed by atoms with Gasteiger partial charge in [-0.3, -0.25) is 9.89 Å². The number of hydrogen-bond acceptors (Lipinski definition) is 3. The molecule has 0 radical (unpaired) electrons. The number of ether oxygens (including phenoxy) is 1. The zero-order chi connectivity index (χ0) is 11.5. The minimum absolute atomic E-state index is 0.0211. The van der Waals surface area contributed by atoms with Crippen molar-refractivity contribution in [2.24, 2.45) is 0 Å². The number of Topliss-reactive ketones (excluding diaryl/α,β-unsaturated/α-hetero) is 1. The molecule has 0 aliphatic carbocycles. The Bertz CT molecular complexity index is 500. The number of nitrogens with one attached hydrogen (secondary N) is 1. The average molecular weight is 216 g/mol. The van der Waals surface area contributed by atoms with E-state index in [-0.39, 0.29) is 5.78 Å². The molecule has 0 spiro atoms. The number of aromatic amines is 1. The third-order valence-electron chi connectivity index (χ3n) is 2.34. The molecular weight excluding hydrogens is 204 g/mol. The number of carbonyl (C=O) groups excluding carboxylic acids is 1. The van der Waals surface area contributed by atoms with Crippen LogP contribution in [0, 0.1) is 0 Å². The van der Waals surface area contributed by atoms with Crippen molar-refractivity contribution < 1.29 is 9.53 Å². The Morgan fingerprint density at radius 3 is 2.50 bits per heavy atom. The highest BCUT2D eigenvalue weighted by molar-refractivity contribution is 5.93. The van der Waals surface area contributed by atoms with E-state index in [4.69, 9.17) is 4.74 Å². The van der Waals surface area contributed by atoms with Crippen molar-refractivity contribution in [3.05, 3.63) is 36.0 Å². The minimum atomic E-state index is -0.0211. The van der Waals surface area contributed by atoms with Gasteiger partial charge in [-0.05, 0) is 30.3 Å². The summed E-state index contributed by atoms with van der Waals surface area (Å²) >= 11 is 0. The summed E-state index contributed by atoms with van der Waals surface area (Å²) in [5.41, 5.74) is 2.23. The largest absolute Gasteiger partial charge is 0.497 e. The number of H-pyrrole nitrogens is 1. The van der Waals surface area contributed by atoms with E-state index < -0.39 is 0 Å². The molecule has 4 nitrogen and oxygen atoms in total. The average Bonchev–Trinajstić information content (AvgIpc) is 2.78. The number of hydrogen-bond donors (Lipinski definition) is 1. The SMILES string of the molecule is COc1ccc(-c2cc(C(C)=O)[nH]n2)cc1. The molecule has 16 heavy (non-hydrogen) atoms. The number of nitrogens with zero attached hydrogens (tertiary/aromatic N) is 1. The van der Waals surface area contributed by atoms with Crippen LogP contribution in [0.3, 0.4) is 0 Å². The first kappa shape index (κ1) is 10.4. The van der Waals surface area contributed by atoms with Crippen LogP contribution in [0.4, 0.5) is 0 Å². The van der Waals surface area contributed by atoms with Crippen molar-refractivity contribution in [3.63, 3.8) is 0 Å². The molecule has 1 aromatic carbocycles. The number of rotatable bonds is 3. The summed E-state index contributed by atoms with van der Waals surface area (Å²) < 4.78 is 5.07. The summed E-state index contributed by atoms with van der Waals surface area (Å²) in [6.07, 6.45) is 0. The molecule has 0 saturated heterocycles. The maximum absolute atomic E-state index is 11.1. The Labute approximate surface area is 93.3 Å². The van der Waals surface area contributed by atoms with Crippen LogP contribution in [0.2, 0.25) is 0 Å². The lowest BCUT2D eigenvalue weighted by Crippen LogP contribution is -1.90. The summed E-state index contributed by atoms with van der Waals surface area (Å²) in [6, 6.07) is 9.26. The summed E-state index contributed by atoms with van der Waals surface area (Å²) in [7, 11) is 1.62. The molecule has 0 amide bonds. The van der Waals surface area contributed by atoms with E-state index in [0.29, 0.717) is 5.69 Å². The highest BCUT2D eigenvalue weighted by Crippen LogP contribution is 2.21. The third-order valence-corrected chi connectivity index (χ3v) is 2.34. The second kappa shape index (κ2) is 4.18. The van der Waals surface area contributed by atoms with Gasteiger partial charge in [0, 0.05) is 12.5 Å².